The molecular formula is C23H24N2O3. The fraction of sp³-hybridized carbons (Fsp3) is 0.304. The molecule has 0 radical (unpaired) electrons. The van der Waals surface area contributed by atoms with Crippen molar-refractivity contribution in [2.75, 3.05) is 13.2 Å². The molecular weight excluding hydrogens is 352 g/mol. The van der Waals surface area contributed by atoms with Crippen LogP contribution in [0.5, 0.6) is 11.5 Å². The lowest BCUT2D eigenvalue weighted by Gasteiger charge is -2.21. The highest BCUT2D eigenvalue weighted by molar-refractivity contribution is 5.86. The third-order valence-electron chi connectivity index (χ3n) is 5.27. The Labute approximate surface area is 164 Å². The van der Waals surface area contributed by atoms with Gasteiger partial charge in [-0.15, -0.1) is 0 Å². The molecule has 0 spiro atoms. The molecule has 2 aromatic carbocycles. The number of benzene rings is 2. The van der Waals surface area contributed by atoms with Gasteiger partial charge in [-0.2, -0.15) is 0 Å². The molecule has 1 aliphatic rings. The standard InChI is InChI=1S/C23H24N2O3/c1-14-18-6-4-5-7-20(18)24-16(3)19(14)13-23(26)25-15(2)17-8-9-21-22(12-17)28-11-10-27-21/h4-9,12,15H,10-11,13H2,1-3H3,(H,25,26). The van der Waals surface area contributed by atoms with E-state index in [2.05, 4.69) is 23.3 Å². The summed E-state index contributed by atoms with van der Waals surface area (Å²) in [5.41, 5.74) is 4.96. The van der Waals surface area contributed by atoms with E-state index in [1.54, 1.807) is 0 Å². The number of fused-ring (bicyclic) bond motifs is 2. The van der Waals surface area contributed by atoms with Gasteiger partial charge in [-0.05, 0) is 55.7 Å². The van der Waals surface area contributed by atoms with Crippen LogP contribution in [0.2, 0.25) is 0 Å². The lowest BCUT2D eigenvalue weighted by Crippen LogP contribution is -2.29. The van der Waals surface area contributed by atoms with Crippen LogP contribution in [-0.2, 0) is 11.2 Å². The zero-order chi connectivity index (χ0) is 19.7. The van der Waals surface area contributed by atoms with Crippen molar-refractivity contribution in [1.29, 1.82) is 0 Å². The van der Waals surface area contributed by atoms with Gasteiger partial charge in [-0.25, -0.2) is 0 Å². The first-order chi connectivity index (χ1) is 13.5. The molecule has 1 atom stereocenters. The summed E-state index contributed by atoms with van der Waals surface area (Å²) in [4.78, 5) is 17.4. The minimum atomic E-state index is -0.127. The number of hydrogen-bond donors (Lipinski definition) is 1. The summed E-state index contributed by atoms with van der Waals surface area (Å²) in [6.45, 7) is 7.11. The van der Waals surface area contributed by atoms with Crippen molar-refractivity contribution >= 4 is 16.8 Å². The van der Waals surface area contributed by atoms with Crippen molar-refractivity contribution in [2.24, 2.45) is 0 Å². The Balaban J connectivity index is 1.51. The molecule has 5 heteroatoms. The van der Waals surface area contributed by atoms with Gasteiger partial charge in [0.25, 0.3) is 0 Å². The zero-order valence-corrected chi connectivity index (χ0v) is 16.4. The van der Waals surface area contributed by atoms with Crippen LogP contribution in [0.25, 0.3) is 10.9 Å². The first-order valence-electron chi connectivity index (χ1n) is 9.56. The number of para-hydroxylation sites is 1. The SMILES string of the molecule is Cc1nc2ccccc2c(C)c1CC(=O)NC(C)c1ccc2c(c1)OCCO2. The van der Waals surface area contributed by atoms with E-state index in [-0.39, 0.29) is 11.9 Å². The maximum absolute atomic E-state index is 12.7. The number of nitrogens with zero attached hydrogens (tertiary/aromatic N) is 1. The van der Waals surface area contributed by atoms with Crippen LogP contribution in [0.1, 0.15) is 35.3 Å². The van der Waals surface area contributed by atoms with Gasteiger partial charge in [-0.1, -0.05) is 24.3 Å². The highest BCUT2D eigenvalue weighted by atomic mass is 16.6. The summed E-state index contributed by atoms with van der Waals surface area (Å²) < 4.78 is 11.2. The summed E-state index contributed by atoms with van der Waals surface area (Å²) >= 11 is 0. The smallest absolute Gasteiger partial charge is 0.224 e. The van der Waals surface area contributed by atoms with E-state index in [1.165, 1.54) is 0 Å². The van der Waals surface area contributed by atoms with Crippen molar-refractivity contribution in [3.8, 4) is 11.5 Å². The topological polar surface area (TPSA) is 60.5 Å². The number of rotatable bonds is 4. The molecule has 0 fully saturated rings. The molecule has 0 saturated heterocycles. The molecule has 0 bridgehead atoms. The number of carbonyl (C=O) groups excluding carboxylic acids is 1. The summed E-state index contributed by atoms with van der Waals surface area (Å²) in [5.74, 6) is 1.46. The Kier molecular flexibility index (Phi) is 4.90. The van der Waals surface area contributed by atoms with Gasteiger partial charge in [0, 0.05) is 11.1 Å². The number of aromatic nitrogens is 1. The molecule has 1 amide bonds. The molecule has 2 heterocycles. The van der Waals surface area contributed by atoms with Gasteiger partial charge in [0.1, 0.15) is 13.2 Å². The second kappa shape index (κ2) is 7.50. The van der Waals surface area contributed by atoms with Crippen molar-refractivity contribution in [3.63, 3.8) is 0 Å². The fourth-order valence-electron chi connectivity index (χ4n) is 3.70. The maximum atomic E-state index is 12.7. The summed E-state index contributed by atoms with van der Waals surface area (Å²) in [5, 5.41) is 4.18. The van der Waals surface area contributed by atoms with Crippen LogP contribution >= 0.6 is 0 Å². The van der Waals surface area contributed by atoms with Gasteiger partial charge in [0.15, 0.2) is 11.5 Å². The van der Waals surface area contributed by atoms with Gasteiger partial charge in [0.05, 0.1) is 18.0 Å². The van der Waals surface area contributed by atoms with Crippen LogP contribution in [0.3, 0.4) is 0 Å². The first kappa shape index (κ1) is 18.3. The number of ether oxygens (including phenoxy) is 2. The molecule has 0 saturated carbocycles. The Morgan fingerprint density at radius 2 is 1.86 bits per heavy atom. The van der Waals surface area contributed by atoms with Crippen LogP contribution in [0.4, 0.5) is 0 Å². The van der Waals surface area contributed by atoms with E-state index < -0.39 is 0 Å². The molecule has 3 aromatic rings. The monoisotopic (exact) mass is 376 g/mol. The number of pyridine rings is 1. The predicted molar refractivity (Wildman–Crippen MR) is 109 cm³/mol. The van der Waals surface area contributed by atoms with Crippen LogP contribution < -0.4 is 14.8 Å². The highest BCUT2D eigenvalue weighted by Crippen LogP contribution is 2.32. The molecule has 1 N–H and O–H groups in total. The molecule has 4 rings (SSSR count). The maximum Gasteiger partial charge on any atom is 0.224 e. The van der Waals surface area contributed by atoms with Gasteiger partial charge >= 0.3 is 0 Å². The second-order valence-corrected chi connectivity index (χ2v) is 7.19. The number of hydrogen-bond acceptors (Lipinski definition) is 4. The van der Waals surface area contributed by atoms with Crippen LogP contribution in [-0.4, -0.2) is 24.1 Å². The summed E-state index contributed by atoms with van der Waals surface area (Å²) in [7, 11) is 0. The molecule has 1 aliphatic heterocycles. The number of carbonyl (C=O) groups is 1. The third kappa shape index (κ3) is 3.52. The molecule has 144 valence electrons. The van der Waals surface area contributed by atoms with E-state index in [4.69, 9.17) is 9.47 Å². The fourth-order valence-corrected chi connectivity index (χ4v) is 3.70. The lowest BCUT2D eigenvalue weighted by molar-refractivity contribution is -0.121. The Bertz CT molecular complexity index is 1050. The van der Waals surface area contributed by atoms with Gasteiger partial charge in [0.2, 0.25) is 5.91 Å². The Morgan fingerprint density at radius 3 is 2.68 bits per heavy atom. The minimum Gasteiger partial charge on any atom is -0.486 e. The average Bonchev–Trinajstić information content (AvgIpc) is 2.70. The average molecular weight is 376 g/mol. The van der Waals surface area contributed by atoms with Crippen molar-refractivity contribution in [1.82, 2.24) is 10.3 Å². The largest absolute Gasteiger partial charge is 0.486 e. The van der Waals surface area contributed by atoms with E-state index in [0.717, 1.165) is 44.8 Å². The molecule has 5 nitrogen and oxygen atoms in total. The predicted octanol–water partition coefficient (Wildman–Crippen LogP) is 4.04. The molecule has 0 aliphatic carbocycles. The normalized spacial score (nSPS) is 14.0. The lowest BCUT2D eigenvalue weighted by atomic mass is 9.99. The first-order valence-corrected chi connectivity index (χ1v) is 9.56. The van der Waals surface area contributed by atoms with Crippen molar-refractivity contribution in [2.45, 2.75) is 33.2 Å². The summed E-state index contributed by atoms with van der Waals surface area (Å²) in [6, 6.07) is 13.7. The molecule has 28 heavy (non-hydrogen) atoms. The Hall–Kier alpha value is -3.08. The number of amides is 1. The highest BCUT2D eigenvalue weighted by Gasteiger charge is 2.18. The number of nitrogens with one attached hydrogen (secondary N) is 1. The Morgan fingerprint density at radius 1 is 1.11 bits per heavy atom. The van der Waals surface area contributed by atoms with E-state index in [9.17, 15) is 4.79 Å². The van der Waals surface area contributed by atoms with Crippen LogP contribution in [0, 0.1) is 13.8 Å². The van der Waals surface area contributed by atoms with E-state index in [0.29, 0.717) is 19.6 Å². The van der Waals surface area contributed by atoms with Crippen molar-refractivity contribution in [3.05, 3.63) is 64.8 Å². The summed E-state index contributed by atoms with van der Waals surface area (Å²) in [6.07, 6.45) is 0.310. The van der Waals surface area contributed by atoms with Gasteiger partial charge < -0.3 is 14.8 Å². The van der Waals surface area contributed by atoms with Crippen molar-refractivity contribution < 1.29 is 14.3 Å². The molecule has 1 aromatic heterocycles. The van der Waals surface area contributed by atoms with Gasteiger partial charge in [-0.3, -0.25) is 9.78 Å². The quantitative estimate of drug-likeness (QED) is 0.746. The minimum absolute atomic E-state index is 0.0225. The number of aryl methyl sites for hydroxylation is 2. The molecule has 1 unspecified atom stereocenters. The third-order valence-corrected chi connectivity index (χ3v) is 5.27. The zero-order valence-electron chi connectivity index (χ0n) is 16.4. The van der Waals surface area contributed by atoms with E-state index in [1.807, 2.05) is 50.2 Å². The van der Waals surface area contributed by atoms with Crippen LogP contribution in [0.15, 0.2) is 42.5 Å². The second-order valence-electron chi connectivity index (χ2n) is 7.19. The van der Waals surface area contributed by atoms with E-state index >= 15 is 0 Å².